The summed E-state index contributed by atoms with van der Waals surface area (Å²) >= 11 is 0. The Labute approximate surface area is 239 Å². The van der Waals surface area contributed by atoms with E-state index in [0.29, 0.717) is 24.9 Å². The monoisotopic (exact) mass is 576 g/mol. The molecule has 1 amide bonds. The zero-order chi connectivity index (χ0) is 28.6. The summed E-state index contributed by atoms with van der Waals surface area (Å²) in [6.07, 6.45) is 10.4. The van der Waals surface area contributed by atoms with E-state index in [4.69, 9.17) is 0 Å². The van der Waals surface area contributed by atoms with Crippen LogP contribution in [0.2, 0.25) is 0 Å². The van der Waals surface area contributed by atoms with Gasteiger partial charge in [0.2, 0.25) is 10.0 Å². The van der Waals surface area contributed by atoms with Crippen molar-refractivity contribution in [3.05, 3.63) is 72.4 Å². The van der Waals surface area contributed by atoms with Crippen LogP contribution >= 0.6 is 0 Å². The van der Waals surface area contributed by atoms with Gasteiger partial charge in [-0.25, -0.2) is 17.8 Å². The highest BCUT2D eigenvalue weighted by atomic mass is 32.2. The first-order valence-electron chi connectivity index (χ1n) is 14.0. The highest BCUT2D eigenvalue weighted by Crippen LogP contribution is 2.28. The quantitative estimate of drug-likeness (QED) is 0.358. The highest BCUT2D eigenvalue weighted by molar-refractivity contribution is 7.89. The van der Waals surface area contributed by atoms with Gasteiger partial charge in [-0.15, -0.1) is 0 Å². The SMILES string of the molecule is Cn1cc(-c2ccc3cnc(NC(=O)c4ccc(F)c(S(=O)(=O)N5CCC(N6CCCCC6)CC5)c4)cc3c2)cn1. The number of nitrogens with zero attached hydrogens (tertiary/aromatic N) is 5. The predicted octanol–water partition coefficient (Wildman–Crippen LogP) is 4.67. The molecule has 4 heterocycles. The van der Waals surface area contributed by atoms with E-state index < -0.39 is 26.6 Å². The number of anilines is 1. The molecule has 0 bridgehead atoms. The van der Waals surface area contributed by atoms with Crippen molar-refractivity contribution in [3.8, 4) is 11.1 Å². The number of aryl methyl sites for hydroxylation is 1. The number of benzene rings is 2. The molecular formula is C30H33FN6O3S. The van der Waals surface area contributed by atoms with Crippen LogP contribution in [0.5, 0.6) is 0 Å². The second kappa shape index (κ2) is 11.3. The number of hydrogen-bond acceptors (Lipinski definition) is 6. The van der Waals surface area contributed by atoms with Gasteiger partial charge in [-0.05, 0) is 80.1 Å². The Balaban J connectivity index is 1.18. The average molecular weight is 577 g/mol. The van der Waals surface area contributed by atoms with Crippen LogP contribution in [-0.4, -0.2) is 70.5 Å². The van der Waals surface area contributed by atoms with Crippen molar-refractivity contribution < 1.29 is 17.6 Å². The summed E-state index contributed by atoms with van der Waals surface area (Å²) < 4.78 is 44.8. The lowest BCUT2D eigenvalue weighted by Crippen LogP contribution is -2.48. The molecule has 0 unspecified atom stereocenters. The molecule has 0 saturated carbocycles. The standard InChI is InChI=1S/C30H33FN6O3S/c1-35-20-25(19-33-35)21-5-6-23-18-32-29(17-24(23)15-21)34-30(38)22-7-8-27(31)28(16-22)41(39,40)37-13-9-26(10-14-37)36-11-3-2-4-12-36/h5-8,15-20,26H,2-4,9-14H2,1H3,(H,32,34,38). The smallest absolute Gasteiger partial charge is 0.256 e. The van der Waals surface area contributed by atoms with Crippen LogP contribution in [0.15, 0.2) is 66.0 Å². The van der Waals surface area contributed by atoms with Crippen molar-refractivity contribution in [2.24, 2.45) is 7.05 Å². The Morgan fingerprint density at radius 2 is 1.71 bits per heavy atom. The molecule has 1 N–H and O–H groups in total. The van der Waals surface area contributed by atoms with E-state index in [1.165, 1.54) is 29.6 Å². The summed E-state index contributed by atoms with van der Waals surface area (Å²) in [5.41, 5.74) is 1.98. The van der Waals surface area contributed by atoms with Crippen molar-refractivity contribution in [3.63, 3.8) is 0 Å². The summed E-state index contributed by atoms with van der Waals surface area (Å²) in [5, 5.41) is 8.72. The van der Waals surface area contributed by atoms with Gasteiger partial charge in [-0.3, -0.25) is 9.48 Å². The lowest BCUT2D eigenvalue weighted by Gasteiger charge is -2.39. The van der Waals surface area contributed by atoms with Gasteiger partial charge in [0.15, 0.2) is 0 Å². The Morgan fingerprint density at radius 1 is 0.927 bits per heavy atom. The minimum atomic E-state index is -4.10. The number of nitrogens with one attached hydrogen (secondary N) is 1. The third-order valence-electron chi connectivity index (χ3n) is 8.14. The molecule has 11 heteroatoms. The van der Waals surface area contributed by atoms with Crippen molar-refractivity contribution in [1.29, 1.82) is 0 Å². The molecule has 2 aliphatic rings. The minimum absolute atomic E-state index is 0.0409. The minimum Gasteiger partial charge on any atom is -0.307 e. The molecule has 0 aliphatic carbocycles. The third kappa shape index (κ3) is 5.74. The van der Waals surface area contributed by atoms with E-state index in [1.807, 2.05) is 31.4 Å². The average Bonchev–Trinajstić information content (AvgIpc) is 3.43. The van der Waals surface area contributed by atoms with Crippen LogP contribution in [0.3, 0.4) is 0 Å². The highest BCUT2D eigenvalue weighted by Gasteiger charge is 2.34. The zero-order valence-electron chi connectivity index (χ0n) is 23.0. The molecule has 41 heavy (non-hydrogen) atoms. The van der Waals surface area contributed by atoms with E-state index in [9.17, 15) is 17.6 Å². The molecule has 6 rings (SSSR count). The summed E-state index contributed by atoms with van der Waals surface area (Å²) in [4.78, 5) is 19.4. The summed E-state index contributed by atoms with van der Waals surface area (Å²) in [7, 11) is -2.24. The lowest BCUT2D eigenvalue weighted by atomic mass is 10.0. The van der Waals surface area contributed by atoms with Gasteiger partial charge in [0.1, 0.15) is 16.5 Å². The van der Waals surface area contributed by atoms with E-state index in [2.05, 4.69) is 20.3 Å². The number of rotatable bonds is 6. The van der Waals surface area contributed by atoms with Crippen molar-refractivity contribution >= 4 is 32.5 Å². The molecule has 214 valence electrons. The fraction of sp³-hybridized carbons (Fsp3) is 0.367. The van der Waals surface area contributed by atoms with Gasteiger partial charge >= 0.3 is 0 Å². The van der Waals surface area contributed by atoms with Crippen LogP contribution in [0, 0.1) is 5.82 Å². The number of likely N-dealkylation sites (tertiary alicyclic amines) is 1. The number of sulfonamides is 1. The number of amides is 1. The van der Waals surface area contributed by atoms with E-state index in [-0.39, 0.29) is 5.56 Å². The van der Waals surface area contributed by atoms with Gasteiger partial charge in [0.05, 0.1) is 6.20 Å². The molecule has 0 spiro atoms. The molecule has 9 nitrogen and oxygen atoms in total. The van der Waals surface area contributed by atoms with Crippen molar-refractivity contribution in [2.45, 2.75) is 43.0 Å². The molecule has 0 radical (unpaired) electrons. The first-order chi connectivity index (χ1) is 19.8. The third-order valence-corrected chi connectivity index (χ3v) is 10.1. The maximum atomic E-state index is 14.9. The number of pyridine rings is 1. The molecule has 2 aliphatic heterocycles. The largest absolute Gasteiger partial charge is 0.307 e. The van der Waals surface area contributed by atoms with Crippen molar-refractivity contribution in [1.82, 2.24) is 24.0 Å². The van der Waals surface area contributed by atoms with Gasteiger partial charge in [0.25, 0.3) is 5.91 Å². The first kappa shape index (κ1) is 27.5. The van der Waals surface area contributed by atoms with Crippen LogP contribution < -0.4 is 5.32 Å². The maximum Gasteiger partial charge on any atom is 0.256 e. The molecule has 4 aromatic rings. The number of halogens is 1. The maximum absolute atomic E-state index is 14.9. The molecule has 2 saturated heterocycles. The topological polar surface area (TPSA) is 100 Å². The summed E-state index contributed by atoms with van der Waals surface area (Å²) in [6, 6.07) is 11.5. The van der Waals surface area contributed by atoms with Crippen LogP contribution in [-0.2, 0) is 17.1 Å². The van der Waals surface area contributed by atoms with Gasteiger partial charge in [0, 0.05) is 55.1 Å². The van der Waals surface area contributed by atoms with Crippen LogP contribution in [0.4, 0.5) is 10.2 Å². The van der Waals surface area contributed by atoms with Gasteiger partial charge < -0.3 is 10.2 Å². The summed E-state index contributed by atoms with van der Waals surface area (Å²) in [6.45, 7) is 2.78. The fourth-order valence-electron chi connectivity index (χ4n) is 5.86. The van der Waals surface area contributed by atoms with E-state index in [0.717, 1.165) is 60.0 Å². The van der Waals surface area contributed by atoms with Gasteiger partial charge in [-0.2, -0.15) is 9.40 Å². The number of aromatic nitrogens is 3. The second-order valence-electron chi connectivity index (χ2n) is 10.9. The molecule has 2 aromatic heterocycles. The Kier molecular flexibility index (Phi) is 7.58. The number of carbonyl (C=O) groups is 1. The molecular weight excluding hydrogens is 543 g/mol. The van der Waals surface area contributed by atoms with E-state index >= 15 is 0 Å². The van der Waals surface area contributed by atoms with Crippen molar-refractivity contribution in [2.75, 3.05) is 31.5 Å². The predicted molar refractivity (Wildman–Crippen MR) is 156 cm³/mol. The summed E-state index contributed by atoms with van der Waals surface area (Å²) in [5.74, 6) is -1.13. The fourth-order valence-corrected chi connectivity index (χ4v) is 7.42. The zero-order valence-corrected chi connectivity index (χ0v) is 23.8. The first-order valence-corrected chi connectivity index (χ1v) is 15.5. The number of fused-ring (bicyclic) bond motifs is 1. The Hall–Kier alpha value is -3.67. The lowest BCUT2D eigenvalue weighted by molar-refractivity contribution is 0.102. The van der Waals surface area contributed by atoms with E-state index in [1.54, 1.807) is 23.1 Å². The number of carbonyl (C=O) groups excluding carboxylic acids is 1. The molecule has 2 fully saturated rings. The van der Waals surface area contributed by atoms with Crippen LogP contribution in [0.1, 0.15) is 42.5 Å². The van der Waals surface area contributed by atoms with Gasteiger partial charge in [-0.1, -0.05) is 18.6 Å². The molecule has 0 atom stereocenters. The normalized spacial score (nSPS) is 17.6. The number of piperidine rings is 2. The van der Waals surface area contributed by atoms with Crippen LogP contribution in [0.25, 0.3) is 21.9 Å². The Morgan fingerprint density at radius 3 is 2.44 bits per heavy atom. The Bertz CT molecular complexity index is 1690. The molecule has 2 aromatic carbocycles. The number of hydrogen-bond donors (Lipinski definition) is 1. The second-order valence-corrected chi connectivity index (χ2v) is 12.8.